The molecule has 5 nitrogen and oxygen atoms in total. The minimum absolute atomic E-state index is 0.0459. The van der Waals surface area contributed by atoms with E-state index in [4.69, 9.17) is 9.47 Å². The number of rotatable bonds is 5. The van der Waals surface area contributed by atoms with E-state index < -0.39 is 0 Å². The third-order valence-corrected chi connectivity index (χ3v) is 5.86. The van der Waals surface area contributed by atoms with Gasteiger partial charge in [-0.3, -0.25) is 4.79 Å². The van der Waals surface area contributed by atoms with E-state index in [0.29, 0.717) is 25.3 Å². The normalized spacial score (nSPS) is 33.8. The molecule has 0 aliphatic carbocycles. The Morgan fingerprint density at radius 3 is 2.92 bits per heavy atom. The molecule has 3 aliphatic rings. The SMILES string of the molecule is CCCOc1ccc(C(=O)N2C[C@@H]3[C@H](CO)[C@H]4CC[C@]3(C2)O4)cc1. The molecule has 24 heavy (non-hydrogen) atoms. The lowest BCUT2D eigenvalue weighted by Crippen LogP contribution is -2.38. The van der Waals surface area contributed by atoms with Gasteiger partial charge in [0.2, 0.25) is 0 Å². The molecule has 130 valence electrons. The molecule has 1 N–H and O–H groups in total. The van der Waals surface area contributed by atoms with Gasteiger partial charge in [-0.1, -0.05) is 6.92 Å². The number of carbonyl (C=O) groups is 1. The highest BCUT2D eigenvalue weighted by molar-refractivity contribution is 5.94. The fourth-order valence-corrected chi connectivity index (χ4v) is 4.69. The van der Waals surface area contributed by atoms with Crippen molar-refractivity contribution in [2.75, 3.05) is 26.3 Å². The van der Waals surface area contributed by atoms with Crippen LogP contribution in [-0.4, -0.2) is 53.9 Å². The van der Waals surface area contributed by atoms with Crippen LogP contribution in [0, 0.1) is 11.8 Å². The van der Waals surface area contributed by atoms with E-state index in [1.54, 1.807) is 0 Å². The zero-order chi connectivity index (χ0) is 16.7. The molecule has 3 aliphatic heterocycles. The zero-order valence-corrected chi connectivity index (χ0v) is 14.1. The first-order valence-corrected chi connectivity index (χ1v) is 8.97. The molecule has 4 rings (SSSR count). The number of likely N-dealkylation sites (tertiary alicyclic amines) is 1. The number of fused-ring (bicyclic) bond motifs is 1. The van der Waals surface area contributed by atoms with Gasteiger partial charge in [0.1, 0.15) is 5.75 Å². The second-order valence-electron chi connectivity index (χ2n) is 7.27. The Hall–Kier alpha value is -1.59. The maximum atomic E-state index is 12.8. The lowest BCUT2D eigenvalue weighted by atomic mass is 9.74. The summed E-state index contributed by atoms with van der Waals surface area (Å²) in [5.74, 6) is 1.30. The second kappa shape index (κ2) is 6.05. The number of ether oxygens (including phenoxy) is 2. The molecule has 1 aromatic carbocycles. The number of hydrogen-bond acceptors (Lipinski definition) is 4. The topological polar surface area (TPSA) is 59.0 Å². The first-order chi connectivity index (χ1) is 11.7. The number of aliphatic hydroxyl groups is 1. The Bertz CT molecular complexity index is 616. The van der Waals surface area contributed by atoms with Crippen LogP contribution in [0.3, 0.4) is 0 Å². The second-order valence-corrected chi connectivity index (χ2v) is 7.27. The molecule has 0 aromatic heterocycles. The van der Waals surface area contributed by atoms with E-state index in [-0.39, 0.29) is 36.1 Å². The minimum Gasteiger partial charge on any atom is -0.494 e. The molecule has 1 aromatic rings. The molecule has 4 atom stereocenters. The Morgan fingerprint density at radius 2 is 2.21 bits per heavy atom. The van der Waals surface area contributed by atoms with E-state index in [2.05, 4.69) is 6.92 Å². The summed E-state index contributed by atoms with van der Waals surface area (Å²) in [5, 5.41) is 9.68. The summed E-state index contributed by atoms with van der Waals surface area (Å²) in [4.78, 5) is 14.7. The first kappa shape index (κ1) is 15.9. The van der Waals surface area contributed by atoms with Gasteiger partial charge in [-0.25, -0.2) is 0 Å². The minimum atomic E-state index is -0.210. The highest BCUT2D eigenvalue weighted by Gasteiger charge is 2.63. The number of nitrogens with zero attached hydrogens (tertiary/aromatic N) is 1. The van der Waals surface area contributed by atoms with Crippen molar-refractivity contribution in [3.8, 4) is 5.75 Å². The van der Waals surface area contributed by atoms with Crippen LogP contribution >= 0.6 is 0 Å². The zero-order valence-electron chi connectivity index (χ0n) is 14.1. The molecule has 5 heteroatoms. The lowest BCUT2D eigenvalue weighted by molar-refractivity contribution is 0.00154. The average molecular weight is 331 g/mol. The van der Waals surface area contributed by atoms with E-state index in [1.807, 2.05) is 29.2 Å². The van der Waals surface area contributed by atoms with E-state index in [0.717, 1.165) is 25.0 Å². The van der Waals surface area contributed by atoms with Gasteiger partial charge >= 0.3 is 0 Å². The molecule has 3 saturated heterocycles. The quantitative estimate of drug-likeness (QED) is 0.897. The Labute approximate surface area is 142 Å². The first-order valence-electron chi connectivity index (χ1n) is 8.97. The number of hydrogen-bond donors (Lipinski definition) is 1. The summed E-state index contributed by atoms with van der Waals surface area (Å²) in [7, 11) is 0. The van der Waals surface area contributed by atoms with Gasteiger partial charge in [-0.05, 0) is 43.5 Å². The lowest BCUT2D eigenvalue weighted by Gasteiger charge is -2.27. The number of aliphatic hydroxyl groups excluding tert-OH is 1. The van der Waals surface area contributed by atoms with Crippen molar-refractivity contribution in [2.45, 2.75) is 37.9 Å². The van der Waals surface area contributed by atoms with Crippen molar-refractivity contribution < 1.29 is 19.4 Å². The largest absolute Gasteiger partial charge is 0.494 e. The van der Waals surface area contributed by atoms with Crippen LogP contribution in [0.25, 0.3) is 0 Å². The fourth-order valence-electron chi connectivity index (χ4n) is 4.69. The maximum Gasteiger partial charge on any atom is 0.253 e. The molecule has 0 saturated carbocycles. The van der Waals surface area contributed by atoms with Crippen molar-refractivity contribution in [3.63, 3.8) is 0 Å². The van der Waals surface area contributed by atoms with Crippen LogP contribution in [0.1, 0.15) is 36.5 Å². The summed E-state index contributed by atoms with van der Waals surface area (Å²) < 4.78 is 11.8. The molecule has 2 bridgehead atoms. The van der Waals surface area contributed by atoms with Crippen LogP contribution in [0.2, 0.25) is 0 Å². The Balaban J connectivity index is 1.46. The molecule has 3 fully saturated rings. The van der Waals surface area contributed by atoms with Crippen molar-refractivity contribution in [1.29, 1.82) is 0 Å². The van der Waals surface area contributed by atoms with E-state index in [1.165, 1.54) is 0 Å². The maximum absolute atomic E-state index is 12.8. The smallest absolute Gasteiger partial charge is 0.253 e. The van der Waals surface area contributed by atoms with Crippen molar-refractivity contribution in [1.82, 2.24) is 4.90 Å². The van der Waals surface area contributed by atoms with E-state index >= 15 is 0 Å². The summed E-state index contributed by atoms with van der Waals surface area (Å²) in [6.07, 6.45) is 3.16. The number of amides is 1. The predicted molar refractivity (Wildman–Crippen MR) is 89.0 cm³/mol. The van der Waals surface area contributed by atoms with Gasteiger partial charge in [0.25, 0.3) is 5.91 Å². The molecule has 1 spiro atoms. The summed E-state index contributed by atoms with van der Waals surface area (Å²) >= 11 is 0. The third kappa shape index (κ3) is 2.42. The van der Waals surface area contributed by atoms with Crippen molar-refractivity contribution >= 4 is 5.91 Å². The van der Waals surface area contributed by atoms with Crippen LogP contribution < -0.4 is 4.74 Å². The fraction of sp³-hybridized carbons (Fsp3) is 0.632. The molecule has 1 amide bonds. The van der Waals surface area contributed by atoms with Crippen molar-refractivity contribution in [2.24, 2.45) is 11.8 Å². The Kier molecular flexibility index (Phi) is 4.01. The number of carbonyl (C=O) groups excluding carboxylic acids is 1. The van der Waals surface area contributed by atoms with Gasteiger partial charge in [-0.2, -0.15) is 0 Å². The molecular formula is C19H25NO4. The van der Waals surface area contributed by atoms with Crippen LogP contribution in [-0.2, 0) is 4.74 Å². The summed E-state index contributed by atoms with van der Waals surface area (Å²) in [6.45, 7) is 4.25. The van der Waals surface area contributed by atoms with E-state index in [9.17, 15) is 9.90 Å². The van der Waals surface area contributed by atoms with Gasteiger partial charge in [0.15, 0.2) is 0 Å². The van der Waals surface area contributed by atoms with Crippen LogP contribution in [0.5, 0.6) is 5.75 Å². The van der Waals surface area contributed by atoms with Gasteiger partial charge < -0.3 is 19.5 Å². The molecule has 0 radical (unpaired) electrons. The highest BCUT2D eigenvalue weighted by atomic mass is 16.5. The monoisotopic (exact) mass is 331 g/mol. The standard InChI is InChI=1S/C19H25NO4/c1-2-9-23-14-5-3-13(4-6-14)18(22)20-10-16-15(11-21)17-7-8-19(16,12-20)24-17/h3-6,15-17,21H,2,7-12H2,1H3/t15-,16+,17+,19+/m0/s1. The molecular weight excluding hydrogens is 306 g/mol. The molecule has 3 heterocycles. The Morgan fingerprint density at radius 1 is 1.42 bits per heavy atom. The van der Waals surface area contributed by atoms with Gasteiger partial charge in [0.05, 0.1) is 24.9 Å². The van der Waals surface area contributed by atoms with Crippen LogP contribution in [0.4, 0.5) is 0 Å². The summed E-state index contributed by atoms with van der Waals surface area (Å²) in [6, 6.07) is 7.38. The van der Waals surface area contributed by atoms with Gasteiger partial charge in [-0.15, -0.1) is 0 Å². The predicted octanol–water partition coefficient (Wildman–Crippen LogP) is 2.09. The van der Waals surface area contributed by atoms with Crippen molar-refractivity contribution in [3.05, 3.63) is 29.8 Å². The summed E-state index contributed by atoms with van der Waals surface area (Å²) in [5.41, 5.74) is 0.475. The van der Waals surface area contributed by atoms with Crippen LogP contribution in [0.15, 0.2) is 24.3 Å². The third-order valence-electron chi connectivity index (χ3n) is 5.86. The number of benzene rings is 1. The molecule has 0 unspecified atom stereocenters. The average Bonchev–Trinajstić information content (AvgIpc) is 3.27. The highest BCUT2D eigenvalue weighted by Crippen LogP contribution is 2.54. The van der Waals surface area contributed by atoms with Gasteiger partial charge in [0, 0.05) is 30.6 Å².